The van der Waals surface area contributed by atoms with E-state index in [0.29, 0.717) is 6.04 Å². The van der Waals surface area contributed by atoms with E-state index in [1.165, 1.54) is 6.07 Å². The van der Waals surface area contributed by atoms with Crippen molar-refractivity contribution in [3.63, 3.8) is 0 Å². The van der Waals surface area contributed by atoms with Crippen molar-refractivity contribution in [3.8, 4) is 0 Å². The van der Waals surface area contributed by atoms with Crippen LogP contribution >= 0.6 is 11.6 Å². The molecular formula is C11H13ClFN3. The van der Waals surface area contributed by atoms with Crippen molar-refractivity contribution in [2.45, 2.75) is 6.04 Å². The van der Waals surface area contributed by atoms with E-state index in [-0.39, 0.29) is 10.8 Å². The number of benzene rings is 1. The smallest absolute Gasteiger partial charge is 0.144 e. The first-order valence-corrected chi connectivity index (χ1v) is 5.84. The summed E-state index contributed by atoms with van der Waals surface area (Å²) < 4.78 is 13.5. The molecule has 1 atom stereocenters. The molecule has 1 aromatic rings. The van der Waals surface area contributed by atoms with Gasteiger partial charge in [0.2, 0.25) is 0 Å². The maximum atomic E-state index is 13.5. The molecule has 86 valence electrons. The lowest BCUT2D eigenvalue weighted by Gasteiger charge is -2.42. The normalized spacial score (nSPS) is 23.4. The summed E-state index contributed by atoms with van der Waals surface area (Å²) in [6.45, 7) is 3.68. The van der Waals surface area contributed by atoms with Gasteiger partial charge in [0, 0.05) is 32.2 Å². The molecule has 1 saturated heterocycles. The molecule has 0 amide bonds. The van der Waals surface area contributed by atoms with Gasteiger partial charge in [-0.3, -0.25) is 0 Å². The monoisotopic (exact) mass is 241 g/mol. The highest BCUT2D eigenvalue weighted by Gasteiger charge is 2.28. The highest BCUT2D eigenvalue weighted by Crippen LogP contribution is 2.35. The summed E-state index contributed by atoms with van der Waals surface area (Å²) in [5.41, 5.74) is 1.87. The molecule has 3 rings (SSSR count). The Balaban J connectivity index is 2.04. The second kappa shape index (κ2) is 3.79. The van der Waals surface area contributed by atoms with Crippen molar-refractivity contribution in [1.82, 2.24) is 5.32 Å². The van der Waals surface area contributed by atoms with E-state index in [9.17, 15) is 4.39 Å². The van der Waals surface area contributed by atoms with E-state index in [1.807, 2.05) is 0 Å². The number of nitrogens with one attached hydrogen (secondary N) is 2. The maximum Gasteiger partial charge on any atom is 0.144 e. The molecule has 0 spiro atoms. The average Bonchev–Trinajstić information content (AvgIpc) is 2.31. The SMILES string of the molecule is Fc1cc2c(cc1Cl)NCC1CNCCN21. The zero-order valence-electron chi connectivity index (χ0n) is 8.76. The van der Waals surface area contributed by atoms with Gasteiger partial charge >= 0.3 is 0 Å². The van der Waals surface area contributed by atoms with Crippen molar-refractivity contribution < 1.29 is 4.39 Å². The molecule has 0 bridgehead atoms. The van der Waals surface area contributed by atoms with Gasteiger partial charge in [0.15, 0.2) is 0 Å². The van der Waals surface area contributed by atoms with E-state index >= 15 is 0 Å². The van der Waals surface area contributed by atoms with Crippen LogP contribution in [0, 0.1) is 5.82 Å². The average molecular weight is 242 g/mol. The van der Waals surface area contributed by atoms with Crippen molar-refractivity contribution in [2.24, 2.45) is 0 Å². The van der Waals surface area contributed by atoms with Gasteiger partial charge in [-0.2, -0.15) is 0 Å². The first-order chi connectivity index (χ1) is 7.75. The van der Waals surface area contributed by atoms with E-state index in [1.54, 1.807) is 6.07 Å². The highest BCUT2D eigenvalue weighted by atomic mass is 35.5. The minimum atomic E-state index is -0.346. The van der Waals surface area contributed by atoms with Crippen LogP contribution in [0.2, 0.25) is 5.02 Å². The predicted octanol–water partition coefficient (Wildman–Crippen LogP) is 1.68. The number of nitrogens with zero attached hydrogens (tertiary/aromatic N) is 1. The molecule has 1 aromatic carbocycles. The van der Waals surface area contributed by atoms with Crippen LogP contribution in [0.5, 0.6) is 0 Å². The number of anilines is 2. The molecule has 16 heavy (non-hydrogen) atoms. The Morgan fingerprint density at radius 3 is 3.12 bits per heavy atom. The fourth-order valence-electron chi connectivity index (χ4n) is 2.40. The Labute approximate surface area is 98.6 Å². The number of hydrogen-bond acceptors (Lipinski definition) is 3. The lowest BCUT2D eigenvalue weighted by molar-refractivity contribution is 0.481. The van der Waals surface area contributed by atoms with Crippen LogP contribution in [0.15, 0.2) is 12.1 Å². The fourth-order valence-corrected chi connectivity index (χ4v) is 2.57. The Hall–Kier alpha value is -1.00. The molecule has 0 radical (unpaired) electrons. The molecule has 2 N–H and O–H groups in total. The van der Waals surface area contributed by atoms with Gasteiger partial charge in [0.25, 0.3) is 0 Å². The molecule has 0 aromatic heterocycles. The summed E-state index contributed by atoms with van der Waals surface area (Å²) in [5, 5.41) is 6.82. The molecule has 0 aliphatic carbocycles. The van der Waals surface area contributed by atoms with Gasteiger partial charge in [-0.1, -0.05) is 11.6 Å². The largest absolute Gasteiger partial charge is 0.381 e. The predicted molar refractivity (Wildman–Crippen MR) is 63.9 cm³/mol. The number of halogens is 2. The zero-order chi connectivity index (χ0) is 11.1. The summed E-state index contributed by atoms with van der Waals surface area (Å²) in [5.74, 6) is -0.346. The Kier molecular flexibility index (Phi) is 2.41. The topological polar surface area (TPSA) is 27.3 Å². The third kappa shape index (κ3) is 1.53. The standard InChI is InChI=1S/C11H13ClFN3/c12-8-3-10-11(4-9(8)13)16-2-1-14-5-7(16)6-15-10/h3-4,7,14-15H,1-2,5-6H2. The molecule has 1 fully saturated rings. The molecule has 3 nitrogen and oxygen atoms in total. The summed E-state index contributed by atoms with van der Waals surface area (Å²) in [4.78, 5) is 2.25. The minimum absolute atomic E-state index is 0.180. The van der Waals surface area contributed by atoms with Crippen molar-refractivity contribution >= 4 is 23.0 Å². The number of fused-ring (bicyclic) bond motifs is 3. The lowest BCUT2D eigenvalue weighted by atomic mass is 10.1. The second-order valence-electron chi connectivity index (χ2n) is 4.22. The van der Waals surface area contributed by atoms with Crippen molar-refractivity contribution in [3.05, 3.63) is 23.0 Å². The Bertz CT molecular complexity index is 424. The van der Waals surface area contributed by atoms with Gasteiger partial charge in [-0.15, -0.1) is 0 Å². The van der Waals surface area contributed by atoms with Gasteiger partial charge in [0.05, 0.1) is 22.4 Å². The summed E-state index contributed by atoms with van der Waals surface area (Å²) >= 11 is 5.77. The first kappa shape index (κ1) is 10.2. The summed E-state index contributed by atoms with van der Waals surface area (Å²) in [6, 6.07) is 3.61. The second-order valence-corrected chi connectivity index (χ2v) is 4.62. The summed E-state index contributed by atoms with van der Waals surface area (Å²) in [6.07, 6.45) is 0. The van der Waals surface area contributed by atoms with Crippen LogP contribution in [0.1, 0.15) is 0 Å². The molecule has 5 heteroatoms. The Morgan fingerprint density at radius 1 is 1.38 bits per heavy atom. The van der Waals surface area contributed by atoms with Gasteiger partial charge in [0.1, 0.15) is 5.82 Å². The highest BCUT2D eigenvalue weighted by molar-refractivity contribution is 6.31. The van der Waals surface area contributed by atoms with Crippen LogP contribution in [0.25, 0.3) is 0 Å². The minimum Gasteiger partial charge on any atom is -0.381 e. The molecule has 2 aliphatic heterocycles. The quantitative estimate of drug-likeness (QED) is 0.724. The van der Waals surface area contributed by atoms with E-state index < -0.39 is 0 Å². The van der Waals surface area contributed by atoms with Crippen molar-refractivity contribution in [2.75, 3.05) is 36.4 Å². The van der Waals surface area contributed by atoms with E-state index in [2.05, 4.69) is 15.5 Å². The van der Waals surface area contributed by atoms with Crippen molar-refractivity contribution in [1.29, 1.82) is 0 Å². The van der Waals surface area contributed by atoms with Crippen LogP contribution < -0.4 is 15.5 Å². The molecule has 1 unspecified atom stereocenters. The fraction of sp³-hybridized carbons (Fsp3) is 0.455. The molecular weight excluding hydrogens is 229 g/mol. The van der Waals surface area contributed by atoms with Crippen LogP contribution in [-0.4, -0.2) is 32.2 Å². The van der Waals surface area contributed by atoms with Gasteiger partial charge < -0.3 is 15.5 Å². The third-order valence-electron chi connectivity index (χ3n) is 3.23. The van der Waals surface area contributed by atoms with Crippen LogP contribution in [0.4, 0.5) is 15.8 Å². The van der Waals surface area contributed by atoms with E-state index in [0.717, 1.165) is 37.6 Å². The molecule has 2 heterocycles. The zero-order valence-corrected chi connectivity index (χ0v) is 9.52. The maximum absolute atomic E-state index is 13.5. The van der Waals surface area contributed by atoms with Crippen LogP contribution in [0.3, 0.4) is 0 Å². The molecule has 2 aliphatic rings. The van der Waals surface area contributed by atoms with Crippen LogP contribution in [-0.2, 0) is 0 Å². The number of hydrogen-bond donors (Lipinski definition) is 2. The Morgan fingerprint density at radius 2 is 2.25 bits per heavy atom. The number of rotatable bonds is 0. The first-order valence-electron chi connectivity index (χ1n) is 5.46. The van der Waals surface area contributed by atoms with E-state index in [4.69, 9.17) is 11.6 Å². The van der Waals surface area contributed by atoms with Gasteiger partial charge in [-0.25, -0.2) is 4.39 Å². The summed E-state index contributed by atoms with van der Waals surface area (Å²) in [7, 11) is 0. The third-order valence-corrected chi connectivity index (χ3v) is 3.52. The lowest BCUT2D eigenvalue weighted by Crippen LogP contribution is -2.56. The molecule has 0 saturated carbocycles. The number of piperazine rings is 1. The van der Waals surface area contributed by atoms with Gasteiger partial charge in [-0.05, 0) is 6.07 Å².